The topological polar surface area (TPSA) is 46.2 Å². The Hall–Kier alpha value is -2.42. The molecule has 1 N–H and O–H groups in total. The minimum atomic E-state index is -0.495. The molecule has 0 aromatic heterocycles. The third-order valence-electron chi connectivity index (χ3n) is 3.11. The van der Waals surface area contributed by atoms with Crippen LogP contribution in [0.5, 0.6) is 0 Å². The van der Waals surface area contributed by atoms with Crippen molar-refractivity contribution in [3.63, 3.8) is 0 Å². The van der Waals surface area contributed by atoms with Crippen molar-refractivity contribution in [2.45, 2.75) is 19.4 Å². The van der Waals surface area contributed by atoms with Crippen molar-refractivity contribution in [2.75, 3.05) is 0 Å². The van der Waals surface area contributed by atoms with Crippen molar-refractivity contribution < 1.29 is 9.59 Å². The molecule has 2 aromatic carbocycles. The highest BCUT2D eigenvalue weighted by molar-refractivity contribution is 5.97. The van der Waals surface area contributed by atoms with Crippen LogP contribution < -0.4 is 5.32 Å². The maximum absolute atomic E-state index is 12.1. The molecule has 0 aliphatic carbocycles. The van der Waals surface area contributed by atoms with Crippen LogP contribution in [-0.2, 0) is 11.2 Å². The van der Waals surface area contributed by atoms with Crippen LogP contribution in [0, 0.1) is 0 Å². The van der Waals surface area contributed by atoms with Gasteiger partial charge in [0.05, 0.1) is 6.04 Å². The standard InChI is InChI=1S/C17H17NO2/c1-13(19)16(12-14-8-4-2-5-9-14)18-17(20)15-10-6-3-7-11-15/h2-11,16H,12H2,1H3,(H,18,20). The van der Waals surface area contributed by atoms with Gasteiger partial charge in [0.2, 0.25) is 0 Å². The number of rotatable bonds is 5. The Balaban J connectivity index is 2.07. The molecule has 0 aliphatic heterocycles. The first-order chi connectivity index (χ1) is 9.66. The van der Waals surface area contributed by atoms with Crippen LogP contribution in [0.4, 0.5) is 0 Å². The predicted octanol–water partition coefficient (Wildman–Crippen LogP) is 2.62. The highest BCUT2D eigenvalue weighted by Crippen LogP contribution is 2.06. The molecule has 3 nitrogen and oxygen atoms in total. The summed E-state index contributed by atoms with van der Waals surface area (Å²) in [6, 6.07) is 18.1. The van der Waals surface area contributed by atoms with Gasteiger partial charge in [-0.3, -0.25) is 9.59 Å². The van der Waals surface area contributed by atoms with Gasteiger partial charge in [-0.1, -0.05) is 48.5 Å². The first kappa shape index (κ1) is 14.0. The number of benzene rings is 2. The van der Waals surface area contributed by atoms with Gasteiger partial charge in [0.25, 0.3) is 5.91 Å². The Bertz CT molecular complexity index is 578. The predicted molar refractivity (Wildman–Crippen MR) is 78.5 cm³/mol. The molecule has 0 radical (unpaired) electrons. The Morgan fingerprint density at radius 3 is 2.05 bits per heavy atom. The van der Waals surface area contributed by atoms with E-state index in [1.165, 1.54) is 6.92 Å². The number of hydrogen-bond acceptors (Lipinski definition) is 2. The Morgan fingerprint density at radius 1 is 0.950 bits per heavy atom. The lowest BCUT2D eigenvalue weighted by Crippen LogP contribution is -2.41. The summed E-state index contributed by atoms with van der Waals surface area (Å²) < 4.78 is 0. The minimum Gasteiger partial charge on any atom is -0.342 e. The molecule has 20 heavy (non-hydrogen) atoms. The number of carbonyl (C=O) groups excluding carboxylic acids is 2. The van der Waals surface area contributed by atoms with Gasteiger partial charge in [-0.15, -0.1) is 0 Å². The second-order valence-electron chi connectivity index (χ2n) is 4.69. The van der Waals surface area contributed by atoms with Crippen LogP contribution in [-0.4, -0.2) is 17.7 Å². The van der Waals surface area contributed by atoms with Gasteiger partial charge >= 0.3 is 0 Å². The molecule has 2 rings (SSSR count). The molecule has 0 aliphatic rings. The van der Waals surface area contributed by atoms with Crippen LogP contribution in [0.1, 0.15) is 22.8 Å². The van der Waals surface area contributed by atoms with Crippen LogP contribution in [0.3, 0.4) is 0 Å². The molecule has 1 unspecified atom stereocenters. The third-order valence-corrected chi connectivity index (χ3v) is 3.11. The van der Waals surface area contributed by atoms with Gasteiger partial charge < -0.3 is 5.32 Å². The molecule has 0 saturated heterocycles. The molecular weight excluding hydrogens is 250 g/mol. The van der Waals surface area contributed by atoms with Crippen molar-refractivity contribution >= 4 is 11.7 Å². The summed E-state index contributed by atoms with van der Waals surface area (Å²) in [7, 11) is 0. The second kappa shape index (κ2) is 6.66. The second-order valence-corrected chi connectivity index (χ2v) is 4.69. The molecule has 0 fully saturated rings. The van der Waals surface area contributed by atoms with Gasteiger partial charge in [-0.25, -0.2) is 0 Å². The lowest BCUT2D eigenvalue weighted by molar-refractivity contribution is -0.118. The van der Waals surface area contributed by atoms with Gasteiger partial charge in [0.1, 0.15) is 0 Å². The Kier molecular flexibility index (Phi) is 4.66. The summed E-state index contributed by atoms with van der Waals surface area (Å²) >= 11 is 0. The van der Waals surface area contributed by atoms with Gasteiger partial charge in [-0.05, 0) is 31.0 Å². The monoisotopic (exact) mass is 267 g/mol. The van der Waals surface area contributed by atoms with Crippen molar-refractivity contribution in [3.05, 3.63) is 71.8 Å². The summed E-state index contributed by atoms with van der Waals surface area (Å²) in [5, 5.41) is 2.79. The van der Waals surface area contributed by atoms with Gasteiger partial charge in [0, 0.05) is 5.56 Å². The molecule has 2 aromatic rings. The van der Waals surface area contributed by atoms with E-state index in [1.54, 1.807) is 24.3 Å². The van der Waals surface area contributed by atoms with Crippen LogP contribution >= 0.6 is 0 Å². The van der Waals surface area contributed by atoms with Crippen molar-refractivity contribution in [3.8, 4) is 0 Å². The molecule has 0 heterocycles. The molecule has 0 bridgehead atoms. The molecular formula is C17H17NO2. The minimum absolute atomic E-state index is 0.0434. The zero-order chi connectivity index (χ0) is 14.4. The Labute approximate surface area is 118 Å². The van der Waals surface area contributed by atoms with Gasteiger partial charge in [0.15, 0.2) is 5.78 Å². The lowest BCUT2D eigenvalue weighted by Gasteiger charge is -2.16. The molecule has 3 heteroatoms. The maximum atomic E-state index is 12.1. The maximum Gasteiger partial charge on any atom is 0.251 e. The van der Waals surface area contributed by atoms with E-state index in [4.69, 9.17) is 0 Å². The van der Waals surface area contributed by atoms with Crippen molar-refractivity contribution in [2.24, 2.45) is 0 Å². The summed E-state index contributed by atoms with van der Waals surface area (Å²) in [6.07, 6.45) is 0.509. The average molecular weight is 267 g/mol. The molecule has 0 saturated carbocycles. The van der Waals surface area contributed by atoms with Crippen LogP contribution in [0.25, 0.3) is 0 Å². The lowest BCUT2D eigenvalue weighted by atomic mass is 10.0. The van der Waals surface area contributed by atoms with Crippen LogP contribution in [0.2, 0.25) is 0 Å². The summed E-state index contributed by atoms with van der Waals surface area (Å²) in [6.45, 7) is 1.50. The van der Waals surface area contributed by atoms with Gasteiger partial charge in [-0.2, -0.15) is 0 Å². The SMILES string of the molecule is CC(=O)C(Cc1ccccc1)NC(=O)c1ccccc1. The number of carbonyl (C=O) groups is 2. The van der Waals surface area contributed by atoms with E-state index in [0.717, 1.165) is 5.56 Å². The smallest absolute Gasteiger partial charge is 0.251 e. The highest BCUT2D eigenvalue weighted by atomic mass is 16.2. The fourth-order valence-corrected chi connectivity index (χ4v) is 1.98. The highest BCUT2D eigenvalue weighted by Gasteiger charge is 2.18. The molecule has 1 amide bonds. The average Bonchev–Trinajstić information content (AvgIpc) is 2.48. The van der Waals surface area contributed by atoms with Crippen molar-refractivity contribution in [1.29, 1.82) is 0 Å². The number of hydrogen-bond donors (Lipinski definition) is 1. The summed E-state index contributed by atoms with van der Waals surface area (Å²) in [5.41, 5.74) is 1.59. The van der Waals surface area contributed by atoms with E-state index in [9.17, 15) is 9.59 Å². The summed E-state index contributed by atoms with van der Waals surface area (Å²) in [4.78, 5) is 23.8. The fraction of sp³-hybridized carbons (Fsp3) is 0.176. The van der Waals surface area contributed by atoms with E-state index < -0.39 is 6.04 Å². The zero-order valence-electron chi connectivity index (χ0n) is 11.4. The Morgan fingerprint density at radius 2 is 1.50 bits per heavy atom. The normalized spacial score (nSPS) is 11.7. The number of amides is 1. The third kappa shape index (κ3) is 3.79. The number of ketones is 1. The van der Waals surface area contributed by atoms with E-state index in [1.807, 2.05) is 36.4 Å². The number of nitrogens with one attached hydrogen (secondary N) is 1. The zero-order valence-corrected chi connectivity index (χ0v) is 11.4. The summed E-state index contributed by atoms with van der Waals surface area (Å²) in [5.74, 6) is -0.264. The molecule has 102 valence electrons. The largest absolute Gasteiger partial charge is 0.342 e. The van der Waals surface area contributed by atoms with E-state index in [-0.39, 0.29) is 11.7 Å². The first-order valence-electron chi connectivity index (χ1n) is 6.57. The van der Waals surface area contributed by atoms with Crippen molar-refractivity contribution in [1.82, 2.24) is 5.32 Å². The van der Waals surface area contributed by atoms with Crippen LogP contribution in [0.15, 0.2) is 60.7 Å². The molecule has 1 atom stereocenters. The molecule has 0 spiro atoms. The van der Waals surface area contributed by atoms with E-state index in [2.05, 4.69) is 5.32 Å². The number of Topliss-reactive ketones (excluding diaryl/α,β-unsaturated/α-hetero) is 1. The fourth-order valence-electron chi connectivity index (χ4n) is 1.98. The van der Waals surface area contributed by atoms with E-state index >= 15 is 0 Å². The van der Waals surface area contributed by atoms with E-state index in [0.29, 0.717) is 12.0 Å². The first-order valence-corrected chi connectivity index (χ1v) is 6.57. The quantitative estimate of drug-likeness (QED) is 0.905.